The van der Waals surface area contributed by atoms with E-state index in [0.717, 1.165) is 42.0 Å². The topological polar surface area (TPSA) is 85.5 Å². The Hall–Kier alpha value is -3.52. The van der Waals surface area contributed by atoms with Crippen LogP contribution in [0.25, 0.3) is 11.0 Å². The lowest BCUT2D eigenvalue weighted by Gasteiger charge is -2.22. The second-order valence-electron chi connectivity index (χ2n) is 8.25. The first-order valence-corrected chi connectivity index (χ1v) is 12.4. The van der Waals surface area contributed by atoms with Gasteiger partial charge in [0.05, 0.1) is 23.6 Å². The minimum atomic E-state index is -0.657. The van der Waals surface area contributed by atoms with Gasteiger partial charge in [-0.1, -0.05) is 55.9 Å². The lowest BCUT2D eigenvalue weighted by Crippen LogP contribution is -2.29. The molecule has 0 bridgehead atoms. The molecule has 1 atom stereocenters. The molecule has 1 unspecified atom stereocenters. The summed E-state index contributed by atoms with van der Waals surface area (Å²) in [5, 5.41) is 10.3. The smallest absolute Gasteiger partial charge is 0.297 e. The third-order valence-electron chi connectivity index (χ3n) is 5.87. The number of carbonyl (C=O) groups excluding carboxylic acids is 1. The van der Waals surface area contributed by atoms with E-state index in [0.29, 0.717) is 28.3 Å². The Bertz CT molecular complexity index is 1390. The van der Waals surface area contributed by atoms with Crippen LogP contribution >= 0.6 is 11.3 Å². The SMILES string of the molecule is CCCCOc1ccc(C2c3c(oc4ccccc4c3=O)C(=O)N2c2nnc(CCC)s2)cc1. The molecule has 0 spiro atoms. The third-order valence-corrected chi connectivity index (χ3v) is 6.85. The maximum Gasteiger partial charge on any atom is 0.297 e. The Morgan fingerprint density at radius 3 is 2.59 bits per heavy atom. The van der Waals surface area contributed by atoms with E-state index in [4.69, 9.17) is 9.15 Å². The van der Waals surface area contributed by atoms with E-state index in [1.54, 1.807) is 24.3 Å². The van der Waals surface area contributed by atoms with Crippen molar-refractivity contribution in [2.75, 3.05) is 11.5 Å². The molecular weight excluding hydrogens is 450 g/mol. The summed E-state index contributed by atoms with van der Waals surface area (Å²) in [4.78, 5) is 28.7. The van der Waals surface area contributed by atoms with Gasteiger partial charge in [-0.3, -0.25) is 14.5 Å². The average Bonchev–Trinajstić information content (AvgIpc) is 3.42. The van der Waals surface area contributed by atoms with Crippen molar-refractivity contribution in [2.24, 2.45) is 0 Å². The molecule has 0 radical (unpaired) electrons. The van der Waals surface area contributed by atoms with Crippen LogP contribution in [0.15, 0.2) is 57.7 Å². The molecule has 0 N–H and O–H groups in total. The van der Waals surface area contributed by atoms with Crippen molar-refractivity contribution in [2.45, 2.75) is 45.6 Å². The zero-order valence-corrected chi connectivity index (χ0v) is 19.9. The molecule has 2 aromatic carbocycles. The lowest BCUT2D eigenvalue weighted by molar-refractivity contribution is 0.0970. The first-order chi connectivity index (χ1) is 16.6. The van der Waals surface area contributed by atoms with Crippen LogP contribution in [-0.4, -0.2) is 22.7 Å². The molecule has 0 fully saturated rings. The Morgan fingerprint density at radius 2 is 1.82 bits per heavy atom. The summed E-state index contributed by atoms with van der Waals surface area (Å²) in [6, 6.07) is 13.9. The number of hydrogen-bond donors (Lipinski definition) is 0. The normalized spacial score (nSPS) is 15.2. The molecule has 34 heavy (non-hydrogen) atoms. The number of rotatable bonds is 8. The van der Waals surface area contributed by atoms with E-state index in [2.05, 4.69) is 24.0 Å². The summed E-state index contributed by atoms with van der Waals surface area (Å²) in [6.45, 7) is 4.83. The quantitative estimate of drug-likeness (QED) is 0.312. The van der Waals surface area contributed by atoms with Crippen LogP contribution in [-0.2, 0) is 6.42 Å². The number of nitrogens with zero attached hydrogens (tertiary/aromatic N) is 3. The zero-order chi connectivity index (χ0) is 23.7. The Kier molecular flexibility index (Phi) is 6.15. The van der Waals surface area contributed by atoms with E-state index in [1.165, 1.54) is 16.2 Å². The van der Waals surface area contributed by atoms with E-state index in [9.17, 15) is 9.59 Å². The van der Waals surface area contributed by atoms with Crippen LogP contribution in [0.3, 0.4) is 0 Å². The van der Waals surface area contributed by atoms with E-state index >= 15 is 0 Å². The van der Waals surface area contributed by atoms with Crippen LogP contribution in [0.5, 0.6) is 5.75 Å². The van der Waals surface area contributed by atoms with E-state index < -0.39 is 6.04 Å². The molecule has 1 aliphatic rings. The van der Waals surface area contributed by atoms with E-state index in [-0.39, 0.29) is 17.1 Å². The molecular formula is C26H25N3O4S. The van der Waals surface area contributed by atoms with Crippen LogP contribution in [0.4, 0.5) is 5.13 Å². The number of benzene rings is 2. The number of fused-ring (bicyclic) bond motifs is 2. The summed E-state index contributed by atoms with van der Waals surface area (Å²) >= 11 is 1.37. The van der Waals surface area contributed by atoms with E-state index in [1.807, 2.05) is 24.3 Å². The van der Waals surface area contributed by atoms with Crippen LogP contribution in [0.2, 0.25) is 0 Å². The van der Waals surface area contributed by atoms with Gasteiger partial charge in [0.2, 0.25) is 10.9 Å². The van der Waals surface area contributed by atoms with Crippen molar-refractivity contribution < 1.29 is 13.9 Å². The summed E-state index contributed by atoms with van der Waals surface area (Å²) in [5.74, 6) is 0.425. The summed E-state index contributed by atoms with van der Waals surface area (Å²) < 4.78 is 11.8. The van der Waals surface area contributed by atoms with Crippen LogP contribution in [0, 0.1) is 0 Å². The van der Waals surface area contributed by atoms with Gasteiger partial charge in [0.25, 0.3) is 5.91 Å². The van der Waals surface area contributed by atoms with Gasteiger partial charge >= 0.3 is 0 Å². The minimum Gasteiger partial charge on any atom is -0.494 e. The number of amides is 1. The molecule has 0 saturated carbocycles. The van der Waals surface area contributed by atoms with Crippen LogP contribution in [0.1, 0.15) is 65.8 Å². The highest BCUT2D eigenvalue weighted by Gasteiger charge is 2.45. The lowest BCUT2D eigenvalue weighted by atomic mass is 9.98. The molecule has 1 amide bonds. The zero-order valence-electron chi connectivity index (χ0n) is 19.1. The predicted molar refractivity (Wildman–Crippen MR) is 132 cm³/mol. The predicted octanol–water partition coefficient (Wildman–Crippen LogP) is 5.53. The maximum absolute atomic E-state index is 13.6. The van der Waals surface area contributed by atoms with Gasteiger partial charge in [0.15, 0.2) is 5.43 Å². The standard InChI is InChI=1S/C26H25N3O4S/c1-3-5-15-32-17-13-11-16(12-14-17)22-21-23(30)18-9-6-7-10-19(18)33-24(21)25(31)29(22)26-28-27-20(34-26)8-4-2/h6-7,9-14,22H,3-5,8,15H2,1-2H3. The molecule has 8 heteroatoms. The van der Waals surface area contributed by atoms with Crippen molar-refractivity contribution in [1.82, 2.24) is 10.2 Å². The number of carbonyl (C=O) groups is 1. The number of aromatic nitrogens is 2. The monoisotopic (exact) mass is 475 g/mol. The average molecular weight is 476 g/mol. The Labute approximate surface area is 201 Å². The Balaban J connectivity index is 1.63. The minimum absolute atomic E-state index is 0.0595. The number of unbranched alkanes of at least 4 members (excludes halogenated alkanes) is 1. The van der Waals surface area contributed by atoms with Gasteiger partial charge in [-0.25, -0.2) is 0 Å². The van der Waals surface area contributed by atoms with Gasteiger partial charge in [0, 0.05) is 6.42 Å². The van der Waals surface area contributed by atoms with Crippen molar-refractivity contribution in [3.05, 3.63) is 80.6 Å². The van der Waals surface area contributed by atoms with Gasteiger partial charge in [-0.15, -0.1) is 10.2 Å². The second-order valence-corrected chi connectivity index (χ2v) is 9.29. The fourth-order valence-corrected chi connectivity index (χ4v) is 5.14. The molecule has 2 aromatic heterocycles. The Morgan fingerprint density at radius 1 is 1.03 bits per heavy atom. The first kappa shape index (κ1) is 22.3. The van der Waals surface area contributed by atoms with Gasteiger partial charge in [-0.2, -0.15) is 0 Å². The fourth-order valence-electron chi connectivity index (χ4n) is 4.17. The number of ether oxygens (including phenoxy) is 1. The fraction of sp³-hybridized carbons (Fsp3) is 0.308. The number of anilines is 1. The summed E-state index contributed by atoms with van der Waals surface area (Å²) in [6.07, 6.45) is 3.74. The van der Waals surface area contributed by atoms with Crippen molar-refractivity contribution >= 4 is 33.3 Å². The molecule has 0 aliphatic carbocycles. The second kappa shape index (κ2) is 9.38. The molecule has 7 nitrogen and oxygen atoms in total. The van der Waals surface area contributed by atoms with Gasteiger partial charge in [-0.05, 0) is 42.7 Å². The highest BCUT2D eigenvalue weighted by molar-refractivity contribution is 7.15. The molecule has 1 aliphatic heterocycles. The highest BCUT2D eigenvalue weighted by atomic mass is 32.1. The maximum atomic E-state index is 13.6. The summed E-state index contributed by atoms with van der Waals surface area (Å²) in [7, 11) is 0. The first-order valence-electron chi connectivity index (χ1n) is 11.6. The summed E-state index contributed by atoms with van der Waals surface area (Å²) in [5.41, 5.74) is 1.29. The number of hydrogen-bond acceptors (Lipinski definition) is 7. The molecule has 3 heterocycles. The highest BCUT2D eigenvalue weighted by Crippen LogP contribution is 2.42. The molecule has 174 valence electrons. The third kappa shape index (κ3) is 3.88. The largest absolute Gasteiger partial charge is 0.494 e. The molecule has 0 saturated heterocycles. The van der Waals surface area contributed by atoms with Crippen LogP contribution < -0.4 is 15.1 Å². The molecule has 5 rings (SSSR count). The number of para-hydroxylation sites is 1. The van der Waals surface area contributed by atoms with Gasteiger partial charge in [0.1, 0.15) is 16.3 Å². The molecule has 4 aromatic rings. The number of aryl methyl sites for hydroxylation is 1. The van der Waals surface area contributed by atoms with Gasteiger partial charge < -0.3 is 9.15 Å². The van der Waals surface area contributed by atoms with Crippen molar-refractivity contribution in [3.8, 4) is 5.75 Å². The van der Waals surface area contributed by atoms with Crippen molar-refractivity contribution in [1.29, 1.82) is 0 Å². The van der Waals surface area contributed by atoms with Crippen molar-refractivity contribution in [3.63, 3.8) is 0 Å².